The Labute approximate surface area is 112 Å². The second kappa shape index (κ2) is 6.29. The molecule has 0 amide bonds. The molecule has 19 heavy (non-hydrogen) atoms. The van der Waals surface area contributed by atoms with E-state index in [2.05, 4.69) is 4.98 Å². The van der Waals surface area contributed by atoms with Gasteiger partial charge in [0.25, 0.3) is 0 Å². The van der Waals surface area contributed by atoms with Crippen LogP contribution in [0.4, 0.5) is 10.1 Å². The van der Waals surface area contributed by atoms with Gasteiger partial charge in [0.05, 0.1) is 5.69 Å². The Bertz CT molecular complexity index is 528. The van der Waals surface area contributed by atoms with Crippen LogP contribution in [0.5, 0.6) is 0 Å². The number of likely N-dealkylation sites (N-methyl/N-ethyl adjacent to an activating group) is 1. The average molecular weight is 259 g/mol. The number of aromatic nitrogens is 1. The van der Waals surface area contributed by atoms with Crippen LogP contribution in [0.3, 0.4) is 0 Å². The molecule has 4 heteroatoms. The van der Waals surface area contributed by atoms with Crippen molar-refractivity contribution < 1.29 is 4.39 Å². The molecule has 1 aromatic heterocycles. The van der Waals surface area contributed by atoms with E-state index in [0.717, 1.165) is 18.5 Å². The van der Waals surface area contributed by atoms with Gasteiger partial charge in [-0.05, 0) is 35.7 Å². The zero-order chi connectivity index (χ0) is 13.7. The highest BCUT2D eigenvalue weighted by atomic mass is 19.1. The SMILES string of the molecule is CN(CCc1ccncc1)c1c(F)cccc1CN. The van der Waals surface area contributed by atoms with Gasteiger partial charge in [-0.15, -0.1) is 0 Å². The normalized spacial score (nSPS) is 10.5. The van der Waals surface area contributed by atoms with E-state index in [9.17, 15) is 4.39 Å². The second-order valence-corrected chi connectivity index (χ2v) is 4.48. The minimum absolute atomic E-state index is 0.222. The molecule has 0 aliphatic carbocycles. The van der Waals surface area contributed by atoms with Crippen LogP contribution in [0.1, 0.15) is 11.1 Å². The third kappa shape index (κ3) is 3.29. The van der Waals surface area contributed by atoms with Crippen molar-refractivity contribution in [3.8, 4) is 0 Å². The molecule has 100 valence electrons. The summed E-state index contributed by atoms with van der Waals surface area (Å²) in [7, 11) is 1.89. The first-order chi connectivity index (χ1) is 9.22. The standard InChI is InChI=1S/C15H18FN3/c1-19(10-7-12-5-8-18-9-6-12)15-13(11-17)3-2-4-14(15)16/h2-6,8-9H,7,10-11,17H2,1H3. The number of anilines is 1. The van der Waals surface area contributed by atoms with Crippen molar-refractivity contribution in [1.29, 1.82) is 0 Å². The largest absolute Gasteiger partial charge is 0.372 e. The summed E-state index contributed by atoms with van der Waals surface area (Å²) in [6, 6.07) is 8.97. The Hall–Kier alpha value is -1.94. The van der Waals surface area contributed by atoms with Gasteiger partial charge >= 0.3 is 0 Å². The molecule has 0 bridgehead atoms. The lowest BCUT2D eigenvalue weighted by Crippen LogP contribution is -2.23. The number of benzene rings is 1. The van der Waals surface area contributed by atoms with Crippen LogP contribution in [0.25, 0.3) is 0 Å². The summed E-state index contributed by atoms with van der Waals surface area (Å²) >= 11 is 0. The van der Waals surface area contributed by atoms with Crippen molar-refractivity contribution in [3.63, 3.8) is 0 Å². The van der Waals surface area contributed by atoms with Gasteiger partial charge in [0.15, 0.2) is 0 Å². The Morgan fingerprint density at radius 1 is 1.21 bits per heavy atom. The first kappa shape index (κ1) is 13.5. The lowest BCUT2D eigenvalue weighted by Gasteiger charge is -2.22. The van der Waals surface area contributed by atoms with Gasteiger partial charge in [-0.25, -0.2) is 4.39 Å². The molecule has 1 heterocycles. The molecule has 0 aliphatic rings. The molecule has 1 aromatic carbocycles. The van der Waals surface area contributed by atoms with E-state index in [-0.39, 0.29) is 5.82 Å². The quantitative estimate of drug-likeness (QED) is 0.896. The third-order valence-corrected chi connectivity index (χ3v) is 3.16. The zero-order valence-corrected chi connectivity index (χ0v) is 11.0. The second-order valence-electron chi connectivity index (χ2n) is 4.48. The highest BCUT2D eigenvalue weighted by Crippen LogP contribution is 2.23. The Kier molecular flexibility index (Phi) is 4.47. The van der Waals surface area contributed by atoms with E-state index in [1.54, 1.807) is 18.5 Å². The van der Waals surface area contributed by atoms with Crippen LogP contribution in [-0.4, -0.2) is 18.6 Å². The predicted molar refractivity (Wildman–Crippen MR) is 75.5 cm³/mol. The molecule has 0 fully saturated rings. The number of pyridine rings is 1. The van der Waals surface area contributed by atoms with Crippen molar-refractivity contribution in [2.24, 2.45) is 5.73 Å². The number of nitrogens with zero attached hydrogens (tertiary/aromatic N) is 2. The van der Waals surface area contributed by atoms with Gasteiger partial charge in [-0.3, -0.25) is 4.98 Å². The van der Waals surface area contributed by atoms with Gasteiger partial charge in [0.2, 0.25) is 0 Å². The summed E-state index contributed by atoms with van der Waals surface area (Å²) in [5, 5.41) is 0. The van der Waals surface area contributed by atoms with Crippen molar-refractivity contribution in [2.45, 2.75) is 13.0 Å². The number of rotatable bonds is 5. The molecule has 2 N–H and O–H groups in total. The molecule has 0 aliphatic heterocycles. The van der Waals surface area contributed by atoms with E-state index in [1.165, 1.54) is 11.6 Å². The van der Waals surface area contributed by atoms with E-state index >= 15 is 0 Å². The fourth-order valence-electron chi connectivity index (χ4n) is 2.11. The predicted octanol–water partition coefficient (Wildman–Crippen LogP) is 2.36. The molecule has 0 atom stereocenters. The number of nitrogens with two attached hydrogens (primary N) is 1. The van der Waals surface area contributed by atoms with Crippen molar-refractivity contribution >= 4 is 5.69 Å². The molecule has 2 rings (SSSR count). The van der Waals surface area contributed by atoms with E-state index in [0.29, 0.717) is 12.2 Å². The van der Waals surface area contributed by atoms with Gasteiger partial charge in [0.1, 0.15) is 5.82 Å². The molecular formula is C15H18FN3. The summed E-state index contributed by atoms with van der Waals surface area (Å²) in [4.78, 5) is 5.90. The summed E-state index contributed by atoms with van der Waals surface area (Å²) < 4.78 is 13.9. The monoisotopic (exact) mass is 259 g/mol. The smallest absolute Gasteiger partial charge is 0.146 e. The topological polar surface area (TPSA) is 42.2 Å². The maximum absolute atomic E-state index is 13.9. The number of para-hydroxylation sites is 1. The van der Waals surface area contributed by atoms with Gasteiger partial charge in [-0.2, -0.15) is 0 Å². The van der Waals surface area contributed by atoms with Crippen LogP contribution in [0, 0.1) is 5.82 Å². The number of halogens is 1. The third-order valence-electron chi connectivity index (χ3n) is 3.16. The maximum Gasteiger partial charge on any atom is 0.146 e. The van der Waals surface area contributed by atoms with Gasteiger partial charge in [-0.1, -0.05) is 12.1 Å². The summed E-state index contributed by atoms with van der Waals surface area (Å²) in [6.07, 6.45) is 4.38. The molecule has 0 spiro atoms. The van der Waals surface area contributed by atoms with Gasteiger partial charge < -0.3 is 10.6 Å². The number of hydrogen-bond acceptors (Lipinski definition) is 3. The highest BCUT2D eigenvalue weighted by Gasteiger charge is 2.11. The Morgan fingerprint density at radius 2 is 1.95 bits per heavy atom. The fraction of sp³-hybridized carbons (Fsp3) is 0.267. The maximum atomic E-state index is 13.9. The average Bonchev–Trinajstić information content (AvgIpc) is 2.45. The van der Waals surface area contributed by atoms with Crippen molar-refractivity contribution in [2.75, 3.05) is 18.5 Å². The van der Waals surface area contributed by atoms with Crippen molar-refractivity contribution in [1.82, 2.24) is 4.98 Å². The molecule has 0 unspecified atom stereocenters. The van der Waals surface area contributed by atoms with Crippen LogP contribution in [0.2, 0.25) is 0 Å². The Balaban J connectivity index is 2.10. The molecule has 2 aromatic rings. The first-order valence-corrected chi connectivity index (χ1v) is 6.30. The van der Waals surface area contributed by atoms with Crippen LogP contribution in [-0.2, 0) is 13.0 Å². The lowest BCUT2D eigenvalue weighted by molar-refractivity contribution is 0.619. The van der Waals surface area contributed by atoms with Crippen LogP contribution < -0.4 is 10.6 Å². The minimum Gasteiger partial charge on any atom is -0.372 e. The van der Waals surface area contributed by atoms with Crippen LogP contribution in [0.15, 0.2) is 42.7 Å². The van der Waals surface area contributed by atoms with E-state index < -0.39 is 0 Å². The molecular weight excluding hydrogens is 241 g/mol. The summed E-state index contributed by atoms with van der Waals surface area (Å²) in [6.45, 7) is 1.07. The first-order valence-electron chi connectivity index (χ1n) is 6.30. The molecule has 0 saturated heterocycles. The van der Waals surface area contributed by atoms with Crippen molar-refractivity contribution in [3.05, 3.63) is 59.7 Å². The lowest BCUT2D eigenvalue weighted by atomic mass is 10.1. The fourth-order valence-corrected chi connectivity index (χ4v) is 2.11. The Morgan fingerprint density at radius 3 is 2.63 bits per heavy atom. The molecule has 3 nitrogen and oxygen atoms in total. The zero-order valence-electron chi connectivity index (χ0n) is 11.0. The minimum atomic E-state index is -0.222. The molecule has 0 radical (unpaired) electrons. The number of hydrogen-bond donors (Lipinski definition) is 1. The van der Waals surface area contributed by atoms with E-state index in [4.69, 9.17) is 5.73 Å². The summed E-state index contributed by atoms with van der Waals surface area (Å²) in [5.74, 6) is -0.222. The molecule has 0 saturated carbocycles. The van der Waals surface area contributed by atoms with Gasteiger partial charge in [0, 0.05) is 32.5 Å². The van der Waals surface area contributed by atoms with Crippen LogP contribution >= 0.6 is 0 Å². The summed E-state index contributed by atoms with van der Waals surface area (Å²) in [5.41, 5.74) is 8.28. The van der Waals surface area contributed by atoms with E-state index in [1.807, 2.05) is 30.1 Å². The highest BCUT2D eigenvalue weighted by molar-refractivity contribution is 5.54.